The van der Waals surface area contributed by atoms with E-state index in [0.29, 0.717) is 6.54 Å². The molecule has 2 N–H and O–H groups in total. The van der Waals surface area contributed by atoms with Gasteiger partial charge in [-0.05, 0) is 55.4 Å². The highest BCUT2D eigenvalue weighted by atomic mass is 32.1. The van der Waals surface area contributed by atoms with Crippen LogP contribution in [0.1, 0.15) is 18.1 Å². The van der Waals surface area contributed by atoms with Crippen molar-refractivity contribution in [2.75, 3.05) is 31.1 Å². The summed E-state index contributed by atoms with van der Waals surface area (Å²) in [4.78, 5) is 28.1. The highest BCUT2D eigenvalue weighted by Gasteiger charge is 2.32. The van der Waals surface area contributed by atoms with Crippen molar-refractivity contribution in [3.05, 3.63) is 47.6 Å². The standard InChI is InChI=1S/C19H23N3O3S/c1-4-8-22-18(25)16(17(24)20-19(22)26)12-14-6-7-15(11-13(14)3)21(5-2)9-10-23/h4,6-7,11-12,23H,1,5,8-10H2,2-3H3,(H,20,24,26)/b16-12+. The highest BCUT2D eigenvalue weighted by molar-refractivity contribution is 7.80. The number of nitrogens with one attached hydrogen (secondary N) is 1. The topological polar surface area (TPSA) is 72.9 Å². The lowest BCUT2D eigenvalue weighted by Crippen LogP contribution is -2.53. The number of aryl methyl sites for hydroxylation is 1. The van der Waals surface area contributed by atoms with Gasteiger partial charge in [0, 0.05) is 25.3 Å². The van der Waals surface area contributed by atoms with Crippen LogP contribution in [0.25, 0.3) is 6.08 Å². The lowest BCUT2D eigenvalue weighted by molar-refractivity contribution is -0.128. The SMILES string of the molecule is C=CCN1C(=O)/C(=C/c2ccc(N(CC)CCO)cc2C)C(=O)NC1=S. The summed E-state index contributed by atoms with van der Waals surface area (Å²) in [5.41, 5.74) is 2.73. The molecule has 1 aromatic carbocycles. The van der Waals surface area contributed by atoms with E-state index in [0.717, 1.165) is 23.4 Å². The van der Waals surface area contributed by atoms with Gasteiger partial charge in [0.2, 0.25) is 0 Å². The smallest absolute Gasteiger partial charge is 0.265 e. The Morgan fingerprint density at radius 2 is 2.12 bits per heavy atom. The molecule has 0 spiro atoms. The number of hydrogen-bond donors (Lipinski definition) is 2. The second-order valence-electron chi connectivity index (χ2n) is 5.87. The Bertz CT molecular complexity index is 773. The summed E-state index contributed by atoms with van der Waals surface area (Å²) in [5, 5.41) is 11.8. The van der Waals surface area contributed by atoms with E-state index in [9.17, 15) is 9.59 Å². The van der Waals surface area contributed by atoms with E-state index in [2.05, 4.69) is 11.9 Å². The van der Waals surface area contributed by atoms with Crippen LogP contribution in [0.2, 0.25) is 0 Å². The first kappa shape index (κ1) is 19.8. The predicted molar refractivity (Wildman–Crippen MR) is 107 cm³/mol. The lowest BCUT2D eigenvalue weighted by Gasteiger charge is -2.28. The van der Waals surface area contributed by atoms with Gasteiger partial charge in [0.05, 0.1) is 6.61 Å². The van der Waals surface area contributed by atoms with Gasteiger partial charge in [0.1, 0.15) is 5.57 Å². The van der Waals surface area contributed by atoms with Crippen molar-refractivity contribution in [1.82, 2.24) is 10.2 Å². The molecule has 2 amide bonds. The number of likely N-dealkylation sites (N-methyl/N-ethyl adjacent to an activating group) is 1. The van der Waals surface area contributed by atoms with Gasteiger partial charge in [-0.1, -0.05) is 12.1 Å². The Morgan fingerprint density at radius 1 is 1.38 bits per heavy atom. The summed E-state index contributed by atoms with van der Waals surface area (Å²) in [6, 6.07) is 5.75. The van der Waals surface area contributed by atoms with Gasteiger partial charge in [-0.3, -0.25) is 19.8 Å². The number of aliphatic hydroxyl groups excluding tert-OH is 1. The Labute approximate surface area is 158 Å². The van der Waals surface area contributed by atoms with Crippen molar-refractivity contribution in [2.24, 2.45) is 0 Å². The van der Waals surface area contributed by atoms with Gasteiger partial charge < -0.3 is 10.0 Å². The molecule has 1 saturated heterocycles. The zero-order chi connectivity index (χ0) is 19.3. The van der Waals surface area contributed by atoms with Crippen molar-refractivity contribution in [3.8, 4) is 0 Å². The maximum atomic E-state index is 12.6. The van der Waals surface area contributed by atoms with Crippen LogP contribution in [0.15, 0.2) is 36.4 Å². The zero-order valence-corrected chi connectivity index (χ0v) is 15.8. The molecule has 138 valence electrons. The molecule has 1 aliphatic heterocycles. The van der Waals surface area contributed by atoms with E-state index in [1.54, 1.807) is 12.2 Å². The summed E-state index contributed by atoms with van der Waals surface area (Å²) in [6.07, 6.45) is 3.14. The summed E-state index contributed by atoms with van der Waals surface area (Å²) < 4.78 is 0. The fraction of sp³-hybridized carbons (Fsp3) is 0.316. The minimum atomic E-state index is -0.501. The number of anilines is 1. The van der Waals surface area contributed by atoms with E-state index >= 15 is 0 Å². The molecule has 0 saturated carbocycles. The molecule has 0 aliphatic carbocycles. The molecule has 2 rings (SSSR count). The third-order valence-electron chi connectivity index (χ3n) is 4.17. The average molecular weight is 373 g/mol. The monoisotopic (exact) mass is 373 g/mol. The molecule has 1 heterocycles. The van der Waals surface area contributed by atoms with Gasteiger partial charge in [-0.15, -0.1) is 6.58 Å². The van der Waals surface area contributed by atoms with E-state index in [1.165, 1.54) is 4.90 Å². The first-order valence-corrected chi connectivity index (χ1v) is 8.80. The Balaban J connectivity index is 2.35. The van der Waals surface area contributed by atoms with E-state index < -0.39 is 11.8 Å². The van der Waals surface area contributed by atoms with Crippen molar-refractivity contribution in [1.29, 1.82) is 0 Å². The van der Waals surface area contributed by atoms with Gasteiger partial charge >= 0.3 is 0 Å². The highest BCUT2D eigenvalue weighted by Crippen LogP contribution is 2.22. The largest absolute Gasteiger partial charge is 0.395 e. The molecule has 0 radical (unpaired) electrons. The molecule has 0 unspecified atom stereocenters. The van der Waals surface area contributed by atoms with Gasteiger partial charge in [0.15, 0.2) is 5.11 Å². The number of aliphatic hydroxyl groups is 1. The molecule has 26 heavy (non-hydrogen) atoms. The second kappa shape index (κ2) is 8.73. The number of carbonyl (C=O) groups excluding carboxylic acids is 2. The number of nitrogens with zero attached hydrogens (tertiary/aromatic N) is 2. The summed E-state index contributed by atoms with van der Waals surface area (Å²) in [6.45, 7) is 9.17. The number of carbonyl (C=O) groups is 2. The van der Waals surface area contributed by atoms with E-state index in [1.807, 2.05) is 36.9 Å². The molecule has 0 atom stereocenters. The minimum Gasteiger partial charge on any atom is -0.395 e. The molecule has 1 aromatic rings. The van der Waals surface area contributed by atoms with Crippen LogP contribution in [0, 0.1) is 6.92 Å². The summed E-state index contributed by atoms with van der Waals surface area (Å²) in [7, 11) is 0. The lowest BCUT2D eigenvalue weighted by atomic mass is 10.0. The summed E-state index contributed by atoms with van der Waals surface area (Å²) in [5.74, 6) is -0.933. The quantitative estimate of drug-likeness (QED) is 0.329. The van der Waals surface area contributed by atoms with Crippen LogP contribution >= 0.6 is 12.2 Å². The van der Waals surface area contributed by atoms with Crippen LogP contribution in [0.5, 0.6) is 0 Å². The fourth-order valence-corrected chi connectivity index (χ4v) is 3.00. The predicted octanol–water partition coefficient (Wildman–Crippen LogP) is 1.63. The second-order valence-corrected chi connectivity index (χ2v) is 6.25. The van der Waals surface area contributed by atoms with Crippen molar-refractivity contribution in [2.45, 2.75) is 13.8 Å². The van der Waals surface area contributed by atoms with Crippen molar-refractivity contribution < 1.29 is 14.7 Å². The Morgan fingerprint density at radius 3 is 2.69 bits per heavy atom. The first-order valence-electron chi connectivity index (χ1n) is 8.39. The van der Waals surface area contributed by atoms with Crippen LogP contribution in [-0.4, -0.2) is 53.2 Å². The number of benzene rings is 1. The fourth-order valence-electron chi connectivity index (χ4n) is 2.75. The van der Waals surface area contributed by atoms with E-state index in [4.69, 9.17) is 17.3 Å². The third-order valence-corrected chi connectivity index (χ3v) is 4.49. The van der Waals surface area contributed by atoms with E-state index in [-0.39, 0.29) is 23.8 Å². The molecule has 0 aromatic heterocycles. The zero-order valence-electron chi connectivity index (χ0n) is 15.0. The molecule has 1 fully saturated rings. The first-order chi connectivity index (χ1) is 12.4. The van der Waals surface area contributed by atoms with Crippen LogP contribution < -0.4 is 10.2 Å². The summed E-state index contributed by atoms with van der Waals surface area (Å²) >= 11 is 5.05. The molecule has 6 nitrogen and oxygen atoms in total. The molecule has 7 heteroatoms. The van der Waals surface area contributed by atoms with Gasteiger partial charge in [-0.2, -0.15) is 0 Å². The average Bonchev–Trinajstić information content (AvgIpc) is 2.61. The van der Waals surface area contributed by atoms with Crippen LogP contribution in [-0.2, 0) is 9.59 Å². The molecular weight excluding hydrogens is 350 g/mol. The number of thiocarbonyl (C=S) groups is 1. The van der Waals surface area contributed by atoms with Gasteiger partial charge in [0.25, 0.3) is 11.8 Å². The van der Waals surface area contributed by atoms with Crippen molar-refractivity contribution in [3.63, 3.8) is 0 Å². The van der Waals surface area contributed by atoms with Gasteiger partial charge in [-0.25, -0.2) is 0 Å². The van der Waals surface area contributed by atoms with Crippen molar-refractivity contribution >= 4 is 40.9 Å². The Kier molecular flexibility index (Phi) is 6.65. The minimum absolute atomic E-state index is 0.0407. The number of rotatable bonds is 7. The van der Waals surface area contributed by atoms with Crippen LogP contribution in [0.4, 0.5) is 5.69 Å². The maximum absolute atomic E-state index is 12.6. The third kappa shape index (κ3) is 4.17. The normalized spacial score (nSPS) is 16.0. The number of hydrogen-bond acceptors (Lipinski definition) is 5. The Hall–Kier alpha value is -2.51. The van der Waals surface area contributed by atoms with Crippen LogP contribution in [0.3, 0.4) is 0 Å². The molecule has 1 aliphatic rings. The maximum Gasteiger partial charge on any atom is 0.265 e. The molecule has 0 bridgehead atoms. The number of amides is 2. The molecular formula is C19H23N3O3S.